The van der Waals surface area contributed by atoms with Gasteiger partial charge in [-0.2, -0.15) is 0 Å². The van der Waals surface area contributed by atoms with Gasteiger partial charge in [0.25, 0.3) is 0 Å². The molecule has 1 fully saturated rings. The number of carbonyl (C=O) groups is 2. The number of carbonyl (C=O) groups excluding carboxylic acids is 2. The molecule has 2 atom stereocenters. The van der Waals surface area contributed by atoms with E-state index in [-0.39, 0.29) is 29.7 Å². The van der Waals surface area contributed by atoms with Crippen LogP contribution in [0.4, 0.5) is 0 Å². The fraction of sp³-hybridized carbons (Fsp3) is 0.391. The molecule has 27 heavy (non-hydrogen) atoms. The number of nitrogens with zero attached hydrogens (tertiary/aromatic N) is 2. The third-order valence-electron chi connectivity index (χ3n) is 5.17. The van der Waals surface area contributed by atoms with Gasteiger partial charge >= 0.3 is 0 Å². The smallest absolute Gasteiger partial charge is 0.227 e. The Kier molecular flexibility index (Phi) is 5.94. The van der Waals surface area contributed by atoms with Crippen LogP contribution < -0.4 is 0 Å². The van der Waals surface area contributed by atoms with E-state index in [0.29, 0.717) is 19.5 Å². The monoisotopic (exact) mass is 364 g/mol. The van der Waals surface area contributed by atoms with Gasteiger partial charge in [-0.25, -0.2) is 0 Å². The van der Waals surface area contributed by atoms with Crippen molar-refractivity contribution in [2.45, 2.75) is 39.4 Å². The van der Waals surface area contributed by atoms with E-state index in [1.807, 2.05) is 86.5 Å². The zero-order chi connectivity index (χ0) is 19.4. The van der Waals surface area contributed by atoms with Crippen molar-refractivity contribution in [3.05, 3.63) is 71.8 Å². The Morgan fingerprint density at radius 2 is 1.33 bits per heavy atom. The first kappa shape index (κ1) is 19.2. The summed E-state index contributed by atoms with van der Waals surface area (Å²) in [7, 11) is 1.82. The molecule has 1 aliphatic carbocycles. The van der Waals surface area contributed by atoms with Crippen LogP contribution in [0.2, 0.25) is 0 Å². The molecule has 2 amide bonds. The average molecular weight is 364 g/mol. The summed E-state index contributed by atoms with van der Waals surface area (Å²) >= 11 is 0. The van der Waals surface area contributed by atoms with Crippen LogP contribution in [0.3, 0.4) is 0 Å². The lowest BCUT2D eigenvalue weighted by molar-refractivity contribution is -0.139. The predicted molar refractivity (Wildman–Crippen MR) is 107 cm³/mol. The lowest BCUT2D eigenvalue weighted by atomic mass is 10.1. The maximum atomic E-state index is 13.0. The molecule has 1 aliphatic rings. The first-order valence-electron chi connectivity index (χ1n) is 9.60. The largest absolute Gasteiger partial charge is 0.341 e. The maximum Gasteiger partial charge on any atom is 0.227 e. The number of amides is 2. The molecule has 0 radical (unpaired) electrons. The highest BCUT2D eigenvalue weighted by Crippen LogP contribution is 2.42. The van der Waals surface area contributed by atoms with Crippen LogP contribution in [0.15, 0.2) is 60.7 Å². The summed E-state index contributed by atoms with van der Waals surface area (Å²) in [6.45, 7) is 5.23. The number of rotatable bonds is 7. The molecule has 4 heteroatoms. The second-order valence-corrected chi connectivity index (χ2v) is 7.67. The zero-order valence-corrected chi connectivity index (χ0v) is 16.3. The molecule has 142 valence electrons. The van der Waals surface area contributed by atoms with Gasteiger partial charge in [0.05, 0.1) is 11.8 Å². The van der Waals surface area contributed by atoms with Gasteiger partial charge in [-0.1, -0.05) is 60.7 Å². The van der Waals surface area contributed by atoms with Gasteiger partial charge in [0.2, 0.25) is 11.8 Å². The van der Waals surface area contributed by atoms with E-state index in [9.17, 15) is 9.59 Å². The van der Waals surface area contributed by atoms with E-state index < -0.39 is 0 Å². The van der Waals surface area contributed by atoms with Crippen molar-refractivity contribution in [2.24, 2.45) is 11.8 Å². The molecule has 2 aromatic carbocycles. The SMILES string of the molecule is CC(C)N(Cc1ccccc1)C(=O)C1CC1C(=O)N(C)Cc1ccccc1. The second-order valence-electron chi connectivity index (χ2n) is 7.67. The summed E-state index contributed by atoms with van der Waals surface area (Å²) in [6, 6.07) is 20.1. The van der Waals surface area contributed by atoms with Crippen molar-refractivity contribution in [2.75, 3.05) is 7.05 Å². The third kappa shape index (κ3) is 4.76. The molecular weight excluding hydrogens is 336 g/mol. The lowest BCUT2D eigenvalue weighted by Gasteiger charge is -2.27. The molecule has 4 nitrogen and oxygen atoms in total. The molecule has 2 unspecified atom stereocenters. The van der Waals surface area contributed by atoms with E-state index in [4.69, 9.17) is 0 Å². The summed E-state index contributed by atoms with van der Waals surface area (Å²) in [5.41, 5.74) is 2.22. The van der Waals surface area contributed by atoms with Crippen LogP contribution in [0, 0.1) is 11.8 Å². The normalized spacial score (nSPS) is 18.2. The average Bonchev–Trinajstić information content (AvgIpc) is 3.47. The van der Waals surface area contributed by atoms with Gasteiger partial charge in [-0.3, -0.25) is 9.59 Å². The Morgan fingerprint density at radius 3 is 1.85 bits per heavy atom. The Bertz CT molecular complexity index is 773. The minimum absolute atomic E-state index is 0.0700. The minimum atomic E-state index is -0.179. The Labute approximate surface area is 161 Å². The van der Waals surface area contributed by atoms with Gasteiger partial charge in [0.1, 0.15) is 0 Å². The molecule has 0 aromatic heterocycles. The van der Waals surface area contributed by atoms with Crippen LogP contribution in [0.5, 0.6) is 0 Å². The highest BCUT2D eigenvalue weighted by Gasteiger charge is 2.50. The molecule has 0 spiro atoms. The van der Waals surface area contributed by atoms with Gasteiger partial charge in [0, 0.05) is 26.2 Å². The number of hydrogen-bond donors (Lipinski definition) is 0. The summed E-state index contributed by atoms with van der Waals surface area (Å²) in [5, 5.41) is 0. The Hall–Kier alpha value is -2.62. The Morgan fingerprint density at radius 1 is 0.852 bits per heavy atom. The van der Waals surface area contributed by atoms with Crippen molar-refractivity contribution < 1.29 is 9.59 Å². The van der Waals surface area contributed by atoms with Crippen LogP contribution in [0.25, 0.3) is 0 Å². The molecule has 0 N–H and O–H groups in total. The number of benzene rings is 2. The van der Waals surface area contributed by atoms with Crippen molar-refractivity contribution in [3.8, 4) is 0 Å². The molecule has 1 saturated carbocycles. The molecule has 2 aromatic rings. The molecule has 0 saturated heterocycles. The van der Waals surface area contributed by atoms with Crippen LogP contribution in [-0.4, -0.2) is 34.7 Å². The molecule has 3 rings (SSSR count). The first-order valence-corrected chi connectivity index (χ1v) is 9.60. The van der Waals surface area contributed by atoms with Gasteiger partial charge in [0.15, 0.2) is 0 Å². The quantitative estimate of drug-likeness (QED) is 0.751. The standard InChI is InChI=1S/C23H28N2O2/c1-17(2)25(16-19-12-8-5-9-13-19)23(27)21-14-20(21)22(26)24(3)15-18-10-6-4-7-11-18/h4-13,17,20-21H,14-16H2,1-3H3. The fourth-order valence-corrected chi connectivity index (χ4v) is 3.47. The maximum absolute atomic E-state index is 13.0. The highest BCUT2D eigenvalue weighted by atomic mass is 16.2. The van der Waals surface area contributed by atoms with Crippen molar-refractivity contribution in [1.82, 2.24) is 9.80 Å². The zero-order valence-electron chi connectivity index (χ0n) is 16.3. The van der Waals surface area contributed by atoms with Crippen LogP contribution in [0.1, 0.15) is 31.4 Å². The highest BCUT2D eigenvalue weighted by molar-refractivity contribution is 5.92. The van der Waals surface area contributed by atoms with E-state index in [1.54, 1.807) is 4.90 Å². The van der Waals surface area contributed by atoms with Gasteiger partial charge in [-0.05, 0) is 31.4 Å². The topological polar surface area (TPSA) is 40.6 Å². The molecule has 0 bridgehead atoms. The van der Waals surface area contributed by atoms with Crippen LogP contribution >= 0.6 is 0 Å². The molecule has 0 heterocycles. The van der Waals surface area contributed by atoms with Crippen molar-refractivity contribution in [3.63, 3.8) is 0 Å². The Balaban J connectivity index is 1.60. The summed E-state index contributed by atoms with van der Waals surface area (Å²) in [6.07, 6.45) is 0.662. The van der Waals surface area contributed by atoms with E-state index in [2.05, 4.69) is 0 Å². The number of hydrogen-bond acceptors (Lipinski definition) is 2. The molecular formula is C23H28N2O2. The fourth-order valence-electron chi connectivity index (χ4n) is 3.47. The minimum Gasteiger partial charge on any atom is -0.341 e. The van der Waals surface area contributed by atoms with Crippen molar-refractivity contribution in [1.29, 1.82) is 0 Å². The lowest BCUT2D eigenvalue weighted by Crippen LogP contribution is -2.38. The van der Waals surface area contributed by atoms with Crippen molar-refractivity contribution >= 4 is 11.8 Å². The van der Waals surface area contributed by atoms with Crippen LogP contribution in [-0.2, 0) is 22.7 Å². The third-order valence-corrected chi connectivity index (χ3v) is 5.17. The van der Waals surface area contributed by atoms with Gasteiger partial charge < -0.3 is 9.80 Å². The van der Waals surface area contributed by atoms with Gasteiger partial charge in [-0.15, -0.1) is 0 Å². The van der Waals surface area contributed by atoms with E-state index in [0.717, 1.165) is 11.1 Å². The molecule has 0 aliphatic heterocycles. The predicted octanol–water partition coefficient (Wildman–Crippen LogP) is 3.72. The summed E-state index contributed by atoms with van der Waals surface area (Å²) < 4.78 is 0. The van der Waals surface area contributed by atoms with E-state index >= 15 is 0 Å². The summed E-state index contributed by atoms with van der Waals surface area (Å²) in [4.78, 5) is 29.4. The van der Waals surface area contributed by atoms with E-state index in [1.165, 1.54) is 0 Å². The summed E-state index contributed by atoms with van der Waals surface area (Å²) in [5.74, 6) is -0.189. The second kappa shape index (κ2) is 8.38. The first-order chi connectivity index (χ1) is 13.0.